The Kier molecular flexibility index (Phi) is 3.71. The van der Waals surface area contributed by atoms with Gasteiger partial charge in [0.2, 0.25) is 0 Å². The molecule has 1 heterocycles. The Morgan fingerprint density at radius 2 is 2.29 bits per heavy atom. The summed E-state index contributed by atoms with van der Waals surface area (Å²) in [5.74, 6) is 0. The molecule has 6 heteroatoms. The van der Waals surface area contributed by atoms with Crippen molar-refractivity contribution in [2.24, 2.45) is 0 Å². The molecular formula is C8H5F2IN2O. The van der Waals surface area contributed by atoms with Gasteiger partial charge in [-0.05, 0) is 28.7 Å². The van der Waals surface area contributed by atoms with Crippen molar-refractivity contribution in [1.29, 1.82) is 5.26 Å². The molecule has 0 saturated heterocycles. The summed E-state index contributed by atoms with van der Waals surface area (Å²) in [4.78, 5) is 3.45. The lowest BCUT2D eigenvalue weighted by molar-refractivity contribution is 0.145. The molecule has 0 unspecified atom stereocenters. The first-order valence-electron chi connectivity index (χ1n) is 3.58. The normalized spacial score (nSPS) is 10.3. The Balaban J connectivity index is 3.33. The van der Waals surface area contributed by atoms with Crippen LogP contribution >= 0.6 is 22.6 Å². The summed E-state index contributed by atoms with van der Waals surface area (Å²) in [5, 5.41) is 17.5. The van der Waals surface area contributed by atoms with Crippen LogP contribution in [0.25, 0.3) is 0 Å². The zero-order chi connectivity index (χ0) is 10.7. The Labute approximate surface area is 92.5 Å². The van der Waals surface area contributed by atoms with Crippen LogP contribution in [0.2, 0.25) is 0 Å². The second-order valence-corrected chi connectivity index (χ2v) is 3.59. The van der Waals surface area contributed by atoms with E-state index in [4.69, 9.17) is 10.4 Å². The van der Waals surface area contributed by atoms with E-state index >= 15 is 0 Å². The summed E-state index contributed by atoms with van der Waals surface area (Å²) in [6.45, 7) is -0.377. The topological polar surface area (TPSA) is 56.9 Å². The number of alkyl halides is 2. The first kappa shape index (κ1) is 11.3. The quantitative estimate of drug-likeness (QED) is 0.850. The van der Waals surface area contributed by atoms with Crippen LogP contribution in [-0.2, 0) is 6.61 Å². The molecule has 0 saturated carbocycles. The van der Waals surface area contributed by atoms with E-state index in [-0.39, 0.29) is 17.9 Å². The third kappa shape index (κ3) is 2.16. The van der Waals surface area contributed by atoms with E-state index in [1.165, 1.54) is 0 Å². The highest BCUT2D eigenvalue weighted by Gasteiger charge is 2.15. The summed E-state index contributed by atoms with van der Waals surface area (Å²) in [6, 6.07) is 2.84. The Morgan fingerprint density at radius 1 is 1.64 bits per heavy atom. The Bertz CT molecular complexity index is 390. The molecular weight excluding hydrogens is 305 g/mol. The SMILES string of the molecule is N#Cc1nc(C(F)F)cc(I)c1CO. The van der Waals surface area contributed by atoms with Crippen molar-refractivity contribution in [3.63, 3.8) is 0 Å². The van der Waals surface area contributed by atoms with Gasteiger partial charge in [-0.1, -0.05) is 0 Å². The number of nitriles is 1. The predicted molar refractivity (Wildman–Crippen MR) is 52.5 cm³/mol. The molecule has 1 rings (SSSR count). The highest BCUT2D eigenvalue weighted by Crippen LogP contribution is 2.22. The van der Waals surface area contributed by atoms with Crippen molar-refractivity contribution in [3.05, 3.63) is 26.6 Å². The van der Waals surface area contributed by atoms with Crippen molar-refractivity contribution in [2.75, 3.05) is 0 Å². The van der Waals surface area contributed by atoms with Crippen LogP contribution in [0, 0.1) is 14.9 Å². The van der Waals surface area contributed by atoms with E-state index < -0.39 is 12.1 Å². The average molecular weight is 310 g/mol. The lowest BCUT2D eigenvalue weighted by Gasteiger charge is -2.05. The second kappa shape index (κ2) is 4.61. The van der Waals surface area contributed by atoms with Gasteiger partial charge in [-0.25, -0.2) is 13.8 Å². The van der Waals surface area contributed by atoms with Crippen LogP contribution in [0.1, 0.15) is 23.4 Å². The van der Waals surface area contributed by atoms with Crippen LogP contribution in [0.5, 0.6) is 0 Å². The third-order valence-corrected chi connectivity index (χ3v) is 2.54. The first-order chi connectivity index (χ1) is 6.60. The average Bonchev–Trinajstić information content (AvgIpc) is 2.16. The predicted octanol–water partition coefficient (Wildman–Crippen LogP) is 1.99. The molecule has 1 aromatic heterocycles. The van der Waals surface area contributed by atoms with Crippen molar-refractivity contribution >= 4 is 22.6 Å². The Morgan fingerprint density at radius 3 is 2.71 bits per heavy atom. The molecule has 0 aliphatic rings. The van der Waals surface area contributed by atoms with Crippen LogP contribution in [0.15, 0.2) is 6.07 Å². The molecule has 0 fully saturated rings. The third-order valence-electron chi connectivity index (χ3n) is 1.58. The van der Waals surface area contributed by atoms with Gasteiger partial charge in [0.05, 0.1) is 6.61 Å². The van der Waals surface area contributed by atoms with Crippen molar-refractivity contribution < 1.29 is 13.9 Å². The first-order valence-corrected chi connectivity index (χ1v) is 4.66. The van der Waals surface area contributed by atoms with Crippen molar-refractivity contribution in [1.82, 2.24) is 4.98 Å². The van der Waals surface area contributed by atoms with Gasteiger partial charge in [0.15, 0.2) is 0 Å². The lowest BCUT2D eigenvalue weighted by atomic mass is 10.2. The molecule has 0 amide bonds. The lowest BCUT2D eigenvalue weighted by Crippen LogP contribution is -2.02. The highest BCUT2D eigenvalue weighted by molar-refractivity contribution is 14.1. The molecule has 0 aromatic carbocycles. The van der Waals surface area contributed by atoms with Gasteiger partial charge >= 0.3 is 0 Å². The van der Waals surface area contributed by atoms with Crippen LogP contribution in [0.3, 0.4) is 0 Å². The van der Waals surface area contributed by atoms with Crippen LogP contribution < -0.4 is 0 Å². The van der Waals surface area contributed by atoms with Gasteiger partial charge in [-0.3, -0.25) is 0 Å². The van der Waals surface area contributed by atoms with Gasteiger partial charge in [0.25, 0.3) is 6.43 Å². The smallest absolute Gasteiger partial charge is 0.280 e. The molecule has 0 aliphatic heterocycles. The van der Waals surface area contributed by atoms with E-state index in [1.807, 2.05) is 0 Å². The van der Waals surface area contributed by atoms with E-state index in [2.05, 4.69) is 4.98 Å². The molecule has 0 aliphatic carbocycles. The fraction of sp³-hybridized carbons (Fsp3) is 0.250. The molecule has 14 heavy (non-hydrogen) atoms. The molecule has 1 aromatic rings. The number of rotatable bonds is 2. The maximum atomic E-state index is 12.3. The zero-order valence-electron chi connectivity index (χ0n) is 6.84. The monoisotopic (exact) mass is 310 g/mol. The number of nitrogens with zero attached hydrogens (tertiary/aromatic N) is 2. The summed E-state index contributed by atoms with van der Waals surface area (Å²) >= 11 is 1.78. The minimum absolute atomic E-state index is 0.144. The highest BCUT2D eigenvalue weighted by atomic mass is 127. The maximum absolute atomic E-state index is 12.3. The number of pyridine rings is 1. The minimum Gasteiger partial charge on any atom is -0.392 e. The molecule has 0 radical (unpaired) electrons. The summed E-state index contributed by atoms with van der Waals surface area (Å²) in [7, 11) is 0. The minimum atomic E-state index is -2.71. The van der Waals surface area contributed by atoms with E-state index in [1.54, 1.807) is 28.7 Å². The number of hydrogen-bond acceptors (Lipinski definition) is 3. The fourth-order valence-corrected chi connectivity index (χ4v) is 1.66. The molecule has 74 valence electrons. The number of aromatic nitrogens is 1. The van der Waals surface area contributed by atoms with Crippen molar-refractivity contribution in [3.8, 4) is 6.07 Å². The van der Waals surface area contributed by atoms with Gasteiger partial charge in [-0.15, -0.1) is 0 Å². The van der Waals surface area contributed by atoms with Gasteiger partial charge in [0, 0.05) is 9.13 Å². The fourth-order valence-electron chi connectivity index (χ4n) is 0.914. The molecule has 0 spiro atoms. The number of hydrogen-bond donors (Lipinski definition) is 1. The molecule has 1 N–H and O–H groups in total. The van der Waals surface area contributed by atoms with Gasteiger partial charge < -0.3 is 5.11 Å². The van der Waals surface area contributed by atoms with Crippen LogP contribution in [0.4, 0.5) is 8.78 Å². The molecule has 0 atom stereocenters. The number of halogens is 3. The number of aliphatic hydroxyl groups excluding tert-OH is 1. The van der Waals surface area contributed by atoms with Crippen molar-refractivity contribution in [2.45, 2.75) is 13.0 Å². The second-order valence-electron chi connectivity index (χ2n) is 2.43. The summed E-state index contributed by atoms with van der Waals surface area (Å²) in [5.41, 5.74) is -0.296. The summed E-state index contributed by atoms with van der Waals surface area (Å²) < 4.78 is 24.9. The van der Waals surface area contributed by atoms with E-state index in [0.29, 0.717) is 3.57 Å². The standard InChI is InChI=1S/C8H5F2IN2O/c9-8(10)6-1-5(11)4(3-14)7(2-12)13-6/h1,8,14H,3H2. The summed E-state index contributed by atoms with van der Waals surface area (Å²) in [6.07, 6.45) is -2.71. The number of aliphatic hydroxyl groups is 1. The van der Waals surface area contributed by atoms with Crippen LogP contribution in [-0.4, -0.2) is 10.1 Å². The van der Waals surface area contributed by atoms with E-state index in [0.717, 1.165) is 6.07 Å². The van der Waals surface area contributed by atoms with E-state index in [9.17, 15) is 8.78 Å². The molecule has 0 bridgehead atoms. The van der Waals surface area contributed by atoms with Gasteiger partial charge in [-0.2, -0.15) is 5.26 Å². The largest absolute Gasteiger partial charge is 0.392 e. The zero-order valence-corrected chi connectivity index (χ0v) is 8.99. The van der Waals surface area contributed by atoms with Gasteiger partial charge in [0.1, 0.15) is 17.5 Å². The maximum Gasteiger partial charge on any atom is 0.280 e. The molecule has 3 nitrogen and oxygen atoms in total. The Hall–Kier alpha value is -0.810.